The smallest absolute Gasteiger partial charge is 0.337 e. The van der Waals surface area contributed by atoms with E-state index in [0.29, 0.717) is 0 Å². The maximum absolute atomic E-state index is 9.44. The van der Waals surface area contributed by atoms with E-state index < -0.39 is 10.8 Å². The van der Waals surface area contributed by atoms with Gasteiger partial charge in [0.25, 0.3) is 0 Å². The summed E-state index contributed by atoms with van der Waals surface area (Å²) in [6, 6.07) is 14.6. The standard InChI is InChI=1S/C15H17N.C2H2Cl2O2/c1-11-12(2)15(16)9-8-14(11)10-13-6-4-3-5-7-13;3-1(4)2(5)6/h3-9H,10,16H2,1-2H3;1H,(H,5,6). The molecular weight excluding hydrogens is 321 g/mol. The first kappa shape index (κ1) is 18.3. The molecule has 2 aromatic carbocycles. The summed E-state index contributed by atoms with van der Waals surface area (Å²) < 4.78 is 0. The van der Waals surface area contributed by atoms with Crippen LogP contribution in [0.25, 0.3) is 0 Å². The monoisotopic (exact) mass is 339 g/mol. The van der Waals surface area contributed by atoms with E-state index in [1.807, 2.05) is 12.1 Å². The van der Waals surface area contributed by atoms with Crippen LogP contribution in [-0.4, -0.2) is 15.9 Å². The summed E-state index contributed by atoms with van der Waals surface area (Å²) in [6.45, 7) is 4.23. The van der Waals surface area contributed by atoms with Crippen LogP contribution < -0.4 is 5.73 Å². The lowest BCUT2D eigenvalue weighted by Crippen LogP contribution is -2.03. The highest BCUT2D eigenvalue weighted by atomic mass is 35.5. The van der Waals surface area contributed by atoms with Crippen LogP contribution in [-0.2, 0) is 11.2 Å². The van der Waals surface area contributed by atoms with Gasteiger partial charge in [0.1, 0.15) is 0 Å². The molecule has 5 heteroatoms. The first-order valence-electron chi connectivity index (χ1n) is 6.72. The molecule has 0 aromatic heterocycles. The summed E-state index contributed by atoms with van der Waals surface area (Å²) in [6.07, 6.45) is 0.980. The molecule has 118 valence electrons. The Morgan fingerprint density at radius 2 is 1.64 bits per heavy atom. The summed E-state index contributed by atoms with van der Waals surface area (Å²) in [5, 5.41) is 7.73. The predicted molar refractivity (Wildman–Crippen MR) is 92.7 cm³/mol. The Bertz CT molecular complexity index is 628. The van der Waals surface area contributed by atoms with Gasteiger partial charge in [-0.15, -0.1) is 0 Å². The molecule has 0 aliphatic carbocycles. The molecule has 0 bridgehead atoms. The van der Waals surface area contributed by atoms with E-state index in [4.69, 9.17) is 34.0 Å². The van der Waals surface area contributed by atoms with Crippen molar-refractivity contribution in [3.8, 4) is 0 Å². The van der Waals surface area contributed by atoms with Crippen LogP contribution in [0.2, 0.25) is 0 Å². The number of hydrogen-bond donors (Lipinski definition) is 2. The Hall–Kier alpha value is -1.71. The van der Waals surface area contributed by atoms with Crippen LogP contribution in [0.1, 0.15) is 22.3 Å². The summed E-state index contributed by atoms with van der Waals surface area (Å²) in [7, 11) is 0. The van der Waals surface area contributed by atoms with Crippen molar-refractivity contribution in [2.75, 3.05) is 5.73 Å². The number of halogens is 2. The molecule has 0 unspecified atom stereocenters. The third-order valence-electron chi connectivity index (χ3n) is 3.37. The Morgan fingerprint density at radius 3 is 2.14 bits per heavy atom. The molecule has 0 spiro atoms. The number of aliphatic carboxylic acids is 1. The van der Waals surface area contributed by atoms with E-state index in [1.54, 1.807) is 0 Å². The molecule has 0 aliphatic rings. The average Bonchev–Trinajstić information content (AvgIpc) is 2.49. The molecule has 0 saturated heterocycles. The zero-order chi connectivity index (χ0) is 16.7. The van der Waals surface area contributed by atoms with Crippen molar-refractivity contribution in [2.45, 2.75) is 25.1 Å². The highest BCUT2D eigenvalue weighted by molar-refractivity contribution is 6.52. The van der Waals surface area contributed by atoms with E-state index in [2.05, 4.69) is 44.2 Å². The Kier molecular flexibility index (Phi) is 7.22. The molecule has 0 radical (unpaired) electrons. The van der Waals surface area contributed by atoms with Crippen LogP contribution in [0.4, 0.5) is 5.69 Å². The van der Waals surface area contributed by atoms with Gasteiger partial charge in [0.15, 0.2) is 0 Å². The van der Waals surface area contributed by atoms with Gasteiger partial charge in [-0.1, -0.05) is 59.6 Å². The van der Waals surface area contributed by atoms with Crippen LogP contribution in [0.5, 0.6) is 0 Å². The van der Waals surface area contributed by atoms with Gasteiger partial charge in [-0.25, -0.2) is 4.79 Å². The zero-order valence-corrected chi connectivity index (χ0v) is 14.0. The number of rotatable bonds is 3. The zero-order valence-electron chi connectivity index (χ0n) is 12.5. The van der Waals surface area contributed by atoms with Gasteiger partial charge in [-0.3, -0.25) is 0 Å². The van der Waals surface area contributed by atoms with Crippen molar-refractivity contribution >= 4 is 34.9 Å². The summed E-state index contributed by atoms with van der Waals surface area (Å²) in [5.41, 5.74) is 12.0. The first-order valence-corrected chi connectivity index (χ1v) is 7.59. The molecule has 3 N–H and O–H groups in total. The SMILES string of the molecule is Cc1c(N)ccc(Cc2ccccc2)c1C.O=C(O)C(Cl)Cl. The molecular formula is C17H19Cl2NO2. The van der Waals surface area contributed by atoms with Crippen LogP contribution in [0, 0.1) is 13.8 Å². The van der Waals surface area contributed by atoms with Gasteiger partial charge in [0.2, 0.25) is 4.84 Å². The predicted octanol–water partition coefficient (Wildman–Crippen LogP) is 4.35. The number of nitrogen functional groups attached to an aromatic ring is 1. The van der Waals surface area contributed by atoms with Gasteiger partial charge < -0.3 is 10.8 Å². The highest BCUT2D eigenvalue weighted by Gasteiger charge is 2.05. The molecule has 0 fully saturated rings. The molecule has 2 rings (SSSR count). The molecule has 3 nitrogen and oxygen atoms in total. The molecule has 2 aromatic rings. The fourth-order valence-corrected chi connectivity index (χ4v) is 1.90. The third-order valence-corrected chi connectivity index (χ3v) is 3.74. The van der Waals surface area contributed by atoms with E-state index in [1.165, 1.54) is 22.3 Å². The second kappa shape index (κ2) is 8.66. The fourth-order valence-electron chi connectivity index (χ4n) is 1.90. The van der Waals surface area contributed by atoms with Crippen molar-refractivity contribution in [2.24, 2.45) is 0 Å². The molecule has 0 atom stereocenters. The van der Waals surface area contributed by atoms with Gasteiger partial charge >= 0.3 is 5.97 Å². The van der Waals surface area contributed by atoms with E-state index >= 15 is 0 Å². The average molecular weight is 340 g/mol. The van der Waals surface area contributed by atoms with Crippen LogP contribution in [0.15, 0.2) is 42.5 Å². The maximum atomic E-state index is 9.44. The van der Waals surface area contributed by atoms with Crippen molar-refractivity contribution < 1.29 is 9.90 Å². The fraction of sp³-hybridized carbons (Fsp3) is 0.235. The van der Waals surface area contributed by atoms with Gasteiger partial charge in [0, 0.05) is 5.69 Å². The number of carboxylic acid groups (broad SMARTS) is 1. The van der Waals surface area contributed by atoms with Crippen molar-refractivity contribution in [1.29, 1.82) is 0 Å². The van der Waals surface area contributed by atoms with Crippen molar-refractivity contribution in [3.05, 3.63) is 64.7 Å². The maximum Gasteiger partial charge on any atom is 0.337 e. The number of benzene rings is 2. The van der Waals surface area contributed by atoms with Gasteiger partial charge in [-0.2, -0.15) is 0 Å². The third kappa shape index (κ3) is 5.58. The normalized spacial score (nSPS) is 10.0. The second-order valence-corrected chi connectivity index (χ2v) is 5.96. The topological polar surface area (TPSA) is 63.3 Å². The number of carbonyl (C=O) groups is 1. The number of alkyl halides is 2. The number of nitrogens with two attached hydrogens (primary N) is 1. The van der Waals surface area contributed by atoms with Gasteiger partial charge in [0.05, 0.1) is 0 Å². The molecule has 0 saturated carbocycles. The minimum absolute atomic E-state index is 0.884. The Balaban J connectivity index is 0.000000346. The molecule has 0 amide bonds. The summed E-state index contributed by atoms with van der Waals surface area (Å²) in [5.74, 6) is -1.21. The summed E-state index contributed by atoms with van der Waals surface area (Å²) in [4.78, 5) is 8.15. The lowest BCUT2D eigenvalue weighted by Gasteiger charge is -2.11. The molecule has 0 aliphatic heterocycles. The highest BCUT2D eigenvalue weighted by Crippen LogP contribution is 2.21. The van der Waals surface area contributed by atoms with Crippen molar-refractivity contribution in [1.82, 2.24) is 0 Å². The van der Waals surface area contributed by atoms with Crippen molar-refractivity contribution in [3.63, 3.8) is 0 Å². The Morgan fingerprint density at radius 1 is 1.09 bits per heavy atom. The molecule has 22 heavy (non-hydrogen) atoms. The minimum atomic E-state index is -1.29. The quantitative estimate of drug-likeness (QED) is 0.645. The number of anilines is 1. The van der Waals surface area contributed by atoms with Gasteiger partial charge in [-0.05, 0) is 48.6 Å². The van der Waals surface area contributed by atoms with E-state index in [9.17, 15) is 4.79 Å². The summed E-state index contributed by atoms with van der Waals surface area (Å²) >= 11 is 9.56. The number of carboxylic acids is 1. The largest absolute Gasteiger partial charge is 0.479 e. The Labute approximate surface area is 140 Å². The van der Waals surface area contributed by atoms with E-state index in [0.717, 1.165) is 12.1 Å². The van der Waals surface area contributed by atoms with Crippen LogP contribution >= 0.6 is 23.2 Å². The lowest BCUT2D eigenvalue weighted by molar-refractivity contribution is -0.135. The second-order valence-electron chi connectivity index (χ2n) is 4.87. The van der Waals surface area contributed by atoms with E-state index in [-0.39, 0.29) is 0 Å². The molecule has 0 heterocycles. The number of hydrogen-bond acceptors (Lipinski definition) is 2. The minimum Gasteiger partial charge on any atom is -0.479 e. The first-order chi connectivity index (χ1) is 10.3. The van der Waals surface area contributed by atoms with Crippen LogP contribution in [0.3, 0.4) is 0 Å². The lowest BCUT2D eigenvalue weighted by atomic mass is 9.96.